The highest BCUT2D eigenvalue weighted by molar-refractivity contribution is 7.99. The van der Waals surface area contributed by atoms with Gasteiger partial charge in [0.1, 0.15) is 0 Å². The summed E-state index contributed by atoms with van der Waals surface area (Å²) in [6.07, 6.45) is -5.28. The number of rotatable bonds is 5. The second-order valence-corrected chi connectivity index (χ2v) is 5.93. The second-order valence-electron chi connectivity index (χ2n) is 4.95. The molecule has 120 valence electrons. The van der Waals surface area contributed by atoms with Crippen LogP contribution in [0.15, 0.2) is 29.4 Å². The van der Waals surface area contributed by atoms with Gasteiger partial charge in [0.2, 0.25) is 5.16 Å². The van der Waals surface area contributed by atoms with E-state index >= 15 is 0 Å². The molecule has 0 saturated heterocycles. The number of thioether (sulfide) groups is 1. The van der Waals surface area contributed by atoms with E-state index in [4.69, 9.17) is 0 Å². The van der Waals surface area contributed by atoms with Crippen LogP contribution in [0.3, 0.4) is 0 Å². The Hall–Kier alpha value is -1.61. The zero-order valence-electron chi connectivity index (χ0n) is 11.9. The molecule has 0 fully saturated rings. The number of alkyl halides is 3. The second kappa shape index (κ2) is 6.66. The van der Waals surface area contributed by atoms with Crippen LogP contribution in [0.4, 0.5) is 13.2 Å². The molecule has 1 atom stereocenters. The fraction of sp³-hybridized carbons (Fsp3) is 0.462. The lowest BCUT2D eigenvalue weighted by Gasteiger charge is -2.13. The number of nitrogens with zero attached hydrogens (tertiary/aromatic N) is 4. The molecule has 1 unspecified atom stereocenters. The summed E-state index contributed by atoms with van der Waals surface area (Å²) in [6, 6.07) is 4.56. The van der Waals surface area contributed by atoms with Crippen LogP contribution in [-0.4, -0.2) is 31.1 Å². The molecule has 9 heteroatoms. The maximum Gasteiger partial charge on any atom is 0.416 e. The van der Waals surface area contributed by atoms with E-state index in [0.717, 1.165) is 12.1 Å². The highest BCUT2D eigenvalue weighted by Crippen LogP contribution is 2.31. The van der Waals surface area contributed by atoms with Gasteiger partial charge >= 0.3 is 6.18 Å². The van der Waals surface area contributed by atoms with Crippen LogP contribution < -0.4 is 0 Å². The smallest absolute Gasteiger partial charge is 0.388 e. The molecule has 2 rings (SSSR count). The SMILES string of the molecule is CC(C)n1nnnc1SCC(O)c1ccc(C(F)(F)F)cc1. The van der Waals surface area contributed by atoms with Crippen molar-refractivity contribution in [2.24, 2.45) is 0 Å². The average molecular weight is 332 g/mol. The largest absolute Gasteiger partial charge is 0.416 e. The van der Waals surface area contributed by atoms with Crippen molar-refractivity contribution in [1.29, 1.82) is 0 Å². The molecule has 0 bridgehead atoms. The third-order valence-electron chi connectivity index (χ3n) is 2.94. The van der Waals surface area contributed by atoms with Crippen molar-refractivity contribution in [2.75, 3.05) is 5.75 Å². The van der Waals surface area contributed by atoms with Crippen molar-refractivity contribution in [2.45, 2.75) is 37.3 Å². The highest BCUT2D eigenvalue weighted by Gasteiger charge is 2.30. The number of aliphatic hydroxyl groups is 1. The van der Waals surface area contributed by atoms with Crippen LogP contribution in [-0.2, 0) is 6.18 Å². The maximum atomic E-state index is 12.5. The lowest BCUT2D eigenvalue weighted by atomic mass is 10.1. The first-order chi connectivity index (χ1) is 10.3. The first-order valence-corrected chi connectivity index (χ1v) is 7.53. The number of hydrogen-bond donors (Lipinski definition) is 1. The molecule has 1 heterocycles. The van der Waals surface area contributed by atoms with Gasteiger partial charge in [0.05, 0.1) is 17.7 Å². The lowest BCUT2D eigenvalue weighted by molar-refractivity contribution is -0.137. The minimum Gasteiger partial charge on any atom is -0.388 e. The molecule has 1 aromatic carbocycles. The molecule has 0 aliphatic heterocycles. The topological polar surface area (TPSA) is 63.8 Å². The third kappa shape index (κ3) is 3.98. The summed E-state index contributed by atoms with van der Waals surface area (Å²) in [7, 11) is 0. The Balaban J connectivity index is 2.00. The van der Waals surface area contributed by atoms with Gasteiger partial charge < -0.3 is 5.11 Å². The zero-order chi connectivity index (χ0) is 16.3. The van der Waals surface area contributed by atoms with E-state index < -0.39 is 17.8 Å². The molecule has 1 aromatic heterocycles. The first kappa shape index (κ1) is 16.8. The van der Waals surface area contributed by atoms with E-state index in [1.807, 2.05) is 13.8 Å². The van der Waals surface area contributed by atoms with Crippen molar-refractivity contribution in [1.82, 2.24) is 20.2 Å². The van der Waals surface area contributed by atoms with Crippen molar-refractivity contribution < 1.29 is 18.3 Å². The molecular formula is C13H15F3N4OS. The summed E-state index contributed by atoms with van der Waals surface area (Å²) in [6.45, 7) is 3.85. The van der Waals surface area contributed by atoms with Gasteiger partial charge in [-0.25, -0.2) is 4.68 Å². The fourth-order valence-corrected chi connectivity index (χ4v) is 2.72. The Labute approximate surface area is 129 Å². The van der Waals surface area contributed by atoms with Crippen LogP contribution in [0.1, 0.15) is 37.1 Å². The summed E-state index contributed by atoms with van der Waals surface area (Å²) in [4.78, 5) is 0. The van der Waals surface area contributed by atoms with Crippen LogP contribution in [0.2, 0.25) is 0 Å². The molecule has 2 aromatic rings. The van der Waals surface area contributed by atoms with Crippen LogP contribution in [0.25, 0.3) is 0 Å². The highest BCUT2D eigenvalue weighted by atomic mass is 32.2. The predicted molar refractivity (Wildman–Crippen MR) is 75.3 cm³/mol. The predicted octanol–water partition coefficient (Wildman–Crippen LogP) is 3.10. The Morgan fingerprint density at radius 2 is 1.86 bits per heavy atom. The van der Waals surface area contributed by atoms with E-state index in [-0.39, 0.29) is 11.8 Å². The van der Waals surface area contributed by atoms with Gasteiger partial charge in [-0.2, -0.15) is 13.2 Å². The van der Waals surface area contributed by atoms with E-state index in [9.17, 15) is 18.3 Å². The number of benzene rings is 1. The van der Waals surface area contributed by atoms with Crippen molar-refractivity contribution in [3.63, 3.8) is 0 Å². The van der Waals surface area contributed by atoms with Gasteiger partial charge in [0, 0.05) is 5.75 Å². The van der Waals surface area contributed by atoms with E-state index in [2.05, 4.69) is 15.5 Å². The molecule has 0 amide bonds. The maximum absolute atomic E-state index is 12.5. The van der Waals surface area contributed by atoms with Crippen molar-refractivity contribution >= 4 is 11.8 Å². The minimum absolute atomic E-state index is 0.0840. The molecule has 0 spiro atoms. The molecule has 0 radical (unpaired) electrons. The van der Waals surface area contributed by atoms with Crippen LogP contribution >= 0.6 is 11.8 Å². The quantitative estimate of drug-likeness (QED) is 0.853. The molecular weight excluding hydrogens is 317 g/mol. The number of hydrogen-bond acceptors (Lipinski definition) is 5. The van der Waals surface area contributed by atoms with Gasteiger partial charge in [0.15, 0.2) is 0 Å². The monoisotopic (exact) mass is 332 g/mol. The lowest BCUT2D eigenvalue weighted by Crippen LogP contribution is -2.08. The number of aliphatic hydroxyl groups excluding tert-OH is 1. The number of aromatic nitrogens is 4. The molecule has 0 saturated carbocycles. The molecule has 0 aliphatic rings. The van der Waals surface area contributed by atoms with Gasteiger partial charge in [-0.05, 0) is 42.0 Å². The first-order valence-electron chi connectivity index (χ1n) is 6.55. The number of tetrazole rings is 1. The third-order valence-corrected chi connectivity index (χ3v) is 3.95. The van der Waals surface area contributed by atoms with Crippen molar-refractivity contribution in [3.05, 3.63) is 35.4 Å². The van der Waals surface area contributed by atoms with Gasteiger partial charge in [-0.3, -0.25) is 0 Å². The zero-order valence-corrected chi connectivity index (χ0v) is 12.8. The van der Waals surface area contributed by atoms with Gasteiger partial charge in [0.25, 0.3) is 0 Å². The average Bonchev–Trinajstić information content (AvgIpc) is 2.92. The Morgan fingerprint density at radius 3 is 2.41 bits per heavy atom. The van der Waals surface area contributed by atoms with Crippen LogP contribution in [0, 0.1) is 0 Å². The summed E-state index contributed by atoms with van der Waals surface area (Å²) in [5.41, 5.74) is -0.316. The molecule has 1 N–H and O–H groups in total. The standard InChI is InChI=1S/C13H15F3N4OS/c1-8(2)20-12(17-18-19-20)22-7-11(21)9-3-5-10(6-4-9)13(14,15)16/h3-6,8,11,21H,7H2,1-2H3. The summed E-state index contributed by atoms with van der Waals surface area (Å²) >= 11 is 1.25. The molecule has 5 nitrogen and oxygen atoms in total. The summed E-state index contributed by atoms with van der Waals surface area (Å²) in [5, 5.41) is 21.9. The van der Waals surface area contributed by atoms with Crippen molar-refractivity contribution in [3.8, 4) is 0 Å². The Morgan fingerprint density at radius 1 is 1.23 bits per heavy atom. The summed E-state index contributed by atoms with van der Waals surface area (Å²) in [5.74, 6) is 0.248. The minimum atomic E-state index is -4.38. The van der Waals surface area contributed by atoms with E-state index in [1.54, 1.807) is 4.68 Å². The Bertz CT molecular complexity index is 612. The summed E-state index contributed by atoms with van der Waals surface area (Å²) < 4.78 is 39.1. The van der Waals surface area contributed by atoms with Gasteiger partial charge in [-0.15, -0.1) is 5.10 Å². The molecule has 0 aliphatic carbocycles. The fourth-order valence-electron chi connectivity index (χ4n) is 1.75. The van der Waals surface area contributed by atoms with Crippen LogP contribution in [0.5, 0.6) is 0 Å². The van der Waals surface area contributed by atoms with Gasteiger partial charge in [-0.1, -0.05) is 23.9 Å². The van der Waals surface area contributed by atoms with E-state index in [0.29, 0.717) is 10.7 Å². The number of halogens is 3. The molecule has 22 heavy (non-hydrogen) atoms. The Kier molecular flexibility index (Phi) is 5.07. The normalized spacial score (nSPS) is 13.6. The van der Waals surface area contributed by atoms with E-state index in [1.165, 1.54) is 23.9 Å².